The maximum atomic E-state index is 9.57. The van der Waals surface area contributed by atoms with E-state index in [2.05, 4.69) is 67.3 Å². The van der Waals surface area contributed by atoms with E-state index in [9.17, 15) is 10.2 Å². The number of hydrogen-bond acceptors (Lipinski definition) is 3. The van der Waals surface area contributed by atoms with Gasteiger partial charge in [-0.3, -0.25) is 0 Å². The van der Waals surface area contributed by atoms with Gasteiger partial charge < -0.3 is 35.0 Å². The molecule has 204 valence electrons. The predicted molar refractivity (Wildman–Crippen MR) is 147 cm³/mol. The van der Waals surface area contributed by atoms with E-state index in [-0.39, 0.29) is 35.6 Å². The van der Waals surface area contributed by atoms with Crippen molar-refractivity contribution in [2.45, 2.75) is 87.0 Å². The van der Waals surface area contributed by atoms with E-state index in [0.29, 0.717) is 11.5 Å². The van der Waals surface area contributed by atoms with Crippen molar-refractivity contribution in [1.29, 1.82) is 0 Å². The van der Waals surface area contributed by atoms with E-state index in [1.54, 1.807) is 12.1 Å². The van der Waals surface area contributed by atoms with E-state index in [1.165, 1.54) is 27.8 Å². The van der Waals surface area contributed by atoms with E-state index in [1.807, 2.05) is 68.6 Å². The summed E-state index contributed by atoms with van der Waals surface area (Å²) in [4.78, 5) is 4.30. The fourth-order valence-electron chi connectivity index (χ4n) is 3.49. The van der Waals surface area contributed by atoms with Crippen molar-refractivity contribution in [2.75, 3.05) is 0 Å². The largest absolute Gasteiger partial charge is 1.00 e. The second-order valence-electron chi connectivity index (χ2n) is 11.3. The maximum Gasteiger partial charge on any atom is -1.00 e. The van der Waals surface area contributed by atoms with Crippen LogP contribution >= 0.6 is 0 Å². The van der Waals surface area contributed by atoms with Gasteiger partial charge in [0.1, 0.15) is 11.5 Å². The molecule has 3 nitrogen and oxygen atoms in total. The molecule has 1 aromatic heterocycles. The molecule has 3 rings (SSSR count). The van der Waals surface area contributed by atoms with Gasteiger partial charge in [-0.15, -0.1) is 0 Å². The van der Waals surface area contributed by atoms with E-state index < -0.39 is 0 Å². The molecular formula is C31H43Cl2NO2Ti-2. The first kappa shape index (κ1) is 37.5. The molecule has 0 unspecified atom stereocenters. The number of phenols is 2. The Bertz CT molecular complexity index is 1100. The number of nitrogens with zero attached hydrogens (tertiary/aromatic N) is 1. The molecule has 0 amide bonds. The average Bonchev–Trinajstić information content (AvgIpc) is 2.75. The van der Waals surface area contributed by atoms with Crippen molar-refractivity contribution in [3.63, 3.8) is 0 Å². The maximum absolute atomic E-state index is 9.57. The Morgan fingerprint density at radius 1 is 0.676 bits per heavy atom. The van der Waals surface area contributed by atoms with Crippen molar-refractivity contribution in [2.24, 2.45) is 0 Å². The minimum atomic E-state index is 0. The number of phenolic OH excluding ortho intramolecular Hbond substituents is 2. The van der Waals surface area contributed by atoms with Crippen LogP contribution in [0.2, 0.25) is 0 Å². The van der Waals surface area contributed by atoms with Crippen molar-refractivity contribution in [3.05, 3.63) is 87.2 Å². The third kappa shape index (κ3) is 11.7. The molecule has 1 heterocycles. The van der Waals surface area contributed by atoms with Crippen LogP contribution < -0.4 is 24.8 Å². The molecule has 0 atom stereocenters. The standard InChI is InChI=1S/2C11H16O.C9H11N.2ClH.Ti/c2*1-8-5-6-10(12)9(7-8)11(2,3)4;1-6-5-10-9(4)8(3)7(6)2;;;/h2*5-7,12H,1-4H3;4-5H,1-3H3;2*1H;/p-2. The number of benzene rings is 2. The normalized spacial score (nSPS) is 10.4. The number of hydrogen-bond donors (Lipinski definition) is 2. The third-order valence-corrected chi connectivity index (χ3v) is 6.42. The molecule has 0 aliphatic heterocycles. The van der Waals surface area contributed by atoms with Crippen LogP contribution in [0.5, 0.6) is 11.5 Å². The molecule has 0 saturated heterocycles. The van der Waals surface area contributed by atoms with Crippen LogP contribution in [-0.2, 0) is 30.8 Å². The Morgan fingerprint density at radius 2 is 1.05 bits per heavy atom. The van der Waals surface area contributed by atoms with Crippen molar-refractivity contribution >= 4 is 4.31 Å². The fourth-order valence-corrected chi connectivity index (χ4v) is 3.95. The zero-order valence-electron chi connectivity index (χ0n) is 24.2. The molecule has 2 aromatic carbocycles. The number of pyridine rings is 1. The first-order valence-corrected chi connectivity index (χ1v) is 12.9. The predicted octanol–water partition coefficient (Wildman–Crippen LogP) is 1.71. The first-order valence-electron chi connectivity index (χ1n) is 12.0. The zero-order chi connectivity index (χ0) is 27.1. The monoisotopic (exact) mass is 579 g/mol. The van der Waals surface area contributed by atoms with Crippen LogP contribution in [-0.4, -0.2) is 19.5 Å². The number of aromatic nitrogens is 1. The molecule has 0 bridgehead atoms. The molecular weight excluding hydrogens is 537 g/mol. The van der Waals surface area contributed by atoms with Crippen LogP contribution in [0.25, 0.3) is 0 Å². The van der Waals surface area contributed by atoms with Gasteiger partial charge in [0.25, 0.3) is 0 Å². The van der Waals surface area contributed by atoms with Gasteiger partial charge in [-0.25, -0.2) is 0 Å². The summed E-state index contributed by atoms with van der Waals surface area (Å²) < 4.78 is 2.04. The molecule has 0 saturated carbocycles. The van der Waals surface area contributed by atoms with Gasteiger partial charge in [0, 0.05) is 0 Å². The van der Waals surface area contributed by atoms with Crippen LogP contribution in [0.4, 0.5) is 0 Å². The zero-order valence-corrected chi connectivity index (χ0v) is 27.3. The minimum Gasteiger partial charge on any atom is -1.00 e. The summed E-state index contributed by atoms with van der Waals surface area (Å²) in [7, 11) is 0. The number of aryl methyl sites for hydroxylation is 3. The molecule has 37 heavy (non-hydrogen) atoms. The Balaban J connectivity index is 0. The quantitative estimate of drug-likeness (QED) is 0.432. The van der Waals surface area contributed by atoms with Gasteiger partial charge in [-0.1, -0.05) is 76.9 Å². The van der Waals surface area contributed by atoms with Gasteiger partial charge in [0.05, 0.1) is 0 Å². The van der Waals surface area contributed by atoms with Gasteiger partial charge in [-0.2, -0.15) is 0 Å². The first-order chi connectivity index (χ1) is 16.0. The summed E-state index contributed by atoms with van der Waals surface area (Å²) in [6.45, 7) is 23.0. The third-order valence-electron chi connectivity index (χ3n) is 5.99. The molecule has 0 spiro atoms. The molecule has 0 radical (unpaired) electrons. The molecule has 3 aromatic rings. The second kappa shape index (κ2) is 15.7. The molecule has 0 aliphatic rings. The Kier molecular flexibility index (Phi) is 15.9. The fraction of sp³-hybridized carbons (Fsp3) is 0.419. The topological polar surface area (TPSA) is 53.4 Å². The smallest absolute Gasteiger partial charge is 1.00 e. The van der Waals surface area contributed by atoms with Crippen LogP contribution in [0.3, 0.4) is 0 Å². The summed E-state index contributed by atoms with van der Waals surface area (Å²) in [5, 5.41) is 19.1. The van der Waals surface area contributed by atoms with E-state index in [0.717, 1.165) is 16.8 Å². The van der Waals surface area contributed by atoms with Gasteiger partial charge in [0.2, 0.25) is 0 Å². The van der Waals surface area contributed by atoms with E-state index >= 15 is 0 Å². The van der Waals surface area contributed by atoms with Gasteiger partial charge in [-0.05, 0) is 47.9 Å². The van der Waals surface area contributed by atoms with Gasteiger partial charge in [0.15, 0.2) is 0 Å². The molecule has 2 N–H and O–H groups in total. The van der Waals surface area contributed by atoms with Crippen molar-refractivity contribution < 1.29 is 55.0 Å². The Hall–Kier alpha value is -1.65. The minimum absolute atomic E-state index is 0. The summed E-state index contributed by atoms with van der Waals surface area (Å²) in [5.41, 5.74) is 9.49. The number of halogens is 2. The average molecular weight is 580 g/mol. The Morgan fingerprint density at radius 3 is 1.35 bits per heavy atom. The van der Waals surface area contributed by atoms with Crippen LogP contribution in [0.15, 0.2) is 42.6 Å². The van der Waals surface area contributed by atoms with Gasteiger partial charge >= 0.3 is 78.6 Å². The van der Waals surface area contributed by atoms with Crippen molar-refractivity contribution in [1.82, 2.24) is 4.98 Å². The van der Waals surface area contributed by atoms with E-state index in [4.69, 9.17) is 0 Å². The SMILES string of the molecule is Cc1ccc(O)c(C(C)(C)C)c1.Cc1ccc(O)c(C(C)(C)C)c1.Cc1cnc([CH]=[Ti])c(C)c1C.[Cl-].[Cl-]. The second-order valence-corrected chi connectivity index (χ2v) is 11.7. The summed E-state index contributed by atoms with van der Waals surface area (Å²) in [5.74, 6) is 0.793. The summed E-state index contributed by atoms with van der Waals surface area (Å²) >= 11 is 2.02. The number of rotatable bonds is 1. The molecule has 0 fully saturated rings. The summed E-state index contributed by atoms with van der Waals surface area (Å²) in [6, 6.07) is 11.4. The molecule has 6 heteroatoms. The Labute approximate surface area is 248 Å². The number of aromatic hydroxyl groups is 2. The van der Waals surface area contributed by atoms with Crippen LogP contribution in [0, 0.1) is 34.6 Å². The van der Waals surface area contributed by atoms with Crippen molar-refractivity contribution in [3.8, 4) is 11.5 Å². The van der Waals surface area contributed by atoms with Crippen LogP contribution in [0.1, 0.15) is 86.2 Å². The molecule has 0 aliphatic carbocycles. The summed E-state index contributed by atoms with van der Waals surface area (Å²) in [6.07, 6.45) is 1.93.